The van der Waals surface area contributed by atoms with E-state index in [1.54, 1.807) is 49.9 Å². The fraction of sp³-hybridized carbons (Fsp3) is 0.529. The van der Waals surface area contributed by atoms with Gasteiger partial charge in [0.05, 0.1) is 4.90 Å². The second-order valence-corrected chi connectivity index (χ2v) is 9.42. The quantitative estimate of drug-likeness (QED) is 0.742. The van der Waals surface area contributed by atoms with Crippen LogP contribution in [0.1, 0.15) is 20.8 Å². The van der Waals surface area contributed by atoms with Crippen molar-refractivity contribution in [3.63, 3.8) is 0 Å². The first-order valence-corrected chi connectivity index (χ1v) is 10.7. The molecule has 0 saturated carbocycles. The topological polar surface area (TPSA) is 86.8 Å². The SMILES string of the molecule is CC(C)C(=O)NC(C)C(=O)N1CCN(S(=O)(=O)c2ccc(Br)cc2)CC1. The van der Waals surface area contributed by atoms with Crippen LogP contribution in [-0.4, -0.2) is 61.7 Å². The van der Waals surface area contributed by atoms with Crippen molar-refractivity contribution in [1.82, 2.24) is 14.5 Å². The number of benzene rings is 1. The van der Waals surface area contributed by atoms with E-state index in [4.69, 9.17) is 0 Å². The predicted molar refractivity (Wildman–Crippen MR) is 102 cm³/mol. The smallest absolute Gasteiger partial charge is 0.244 e. The molecular formula is C17H24BrN3O4S. The molecule has 1 aromatic carbocycles. The van der Waals surface area contributed by atoms with Gasteiger partial charge in [-0.2, -0.15) is 4.31 Å². The molecule has 1 aliphatic rings. The standard InChI is InChI=1S/C17H24BrN3O4S/c1-12(2)16(22)19-13(3)17(23)20-8-10-21(11-9-20)26(24,25)15-6-4-14(18)5-7-15/h4-7,12-13H,8-11H2,1-3H3,(H,19,22). The molecule has 1 heterocycles. The lowest BCUT2D eigenvalue weighted by Gasteiger charge is -2.35. The highest BCUT2D eigenvalue weighted by atomic mass is 79.9. The van der Waals surface area contributed by atoms with E-state index in [1.165, 1.54) is 4.31 Å². The number of halogens is 1. The second kappa shape index (κ2) is 8.49. The van der Waals surface area contributed by atoms with Crippen LogP contribution in [0.15, 0.2) is 33.6 Å². The van der Waals surface area contributed by atoms with Gasteiger partial charge in [-0.25, -0.2) is 8.42 Å². The minimum Gasteiger partial charge on any atom is -0.344 e. The Hall–Kier alpha value is -1.45. The molecule has 2 rings (SSSR count). The van der Waals surface area contributed by atoms with Gasteiger partial charge < -0.3 is 10.2 Å². The molecule has 144 valence electrons. The number of nitrogens with zero attached hydrogens (tertiary/aromatic N) is 2. The summed E-state index contributed by atoms with van der Waals surface area (Å²) in [5.74, 6) is -0.569. The summed E-state index contributed by atoms with van der Waals surface area (Å²) in [4.78, 5) is 26.0. The average molecular weight is 446 g/mol. The van der Waals surface area contributed by atoms with Crippen LogP contribution in [0, 0.1) is 5.92 Å². The molecule has 0 bridgehead atoms. The maximum Gasteiger partial charge on any atom is 0.244 e. The van der Waals surface area contributed by atoms with Crippen LogP contribution in [0.5, 0.6) is 0 Å². The molecule has 9 heteroatoms. The van der Waals surface area contributed by atoms with Gasteiger partial charge in [-0.1, -0.05) is 29.8 Å². The van der Waals surface area contributed by atoms with Crippen molar-refractivity contribution >= 4 is 37.8 Å². The molecule has 0 aliphatic carbocycles. The van der Waals surface area contributed by atoms with E-state index in [0.717, 1.165) is 4.47 Å². The second-order valence-electron chi connectivity index (χ2n) is 6.57. The predicted octanol–water partition coefficient (Wildman–Crippen LogP) is 1.44. The lowest BCUT2D eigenvalue weighted by molar-refractivity contribution is -0.137. The van der Waals surface area contributed by atoms with Gasteiger partial charge in [0.25, 0.3) is 0 Å². The highest BCUT2D eigenvalue weighted by Crippen LogP contribution is 2.20. The average Bonchev–Trinajstić information content (AvgIpc) is 2.61. The fourth-order valence-corrected chi connectivity index (χ4v) is 4.31. The van der Waals surface area contributed by atoms with Gasteiger partial charge in [-0.05, 0) is 31.2 Å². The Balaban J connectivity index is 1.97. The number of amides is 2. The van der Waals surface area contributed by atoms with Crippen LogP contribution in [0.3, 0.4) is 0 Å². The zero-order chi connectivity index (χ0) is 19.5. The third-order valence-electron chi connectivity index (χ3n) is 4.26. The fourth-order valence-electron chi connectivity index (χ4n) is 2.62. The lowest BCUT2D eigenvalue weighted by Crippen LogP contribution is -2.55. The van der Waals surface area contributed by atoms with Crippen molar-refractivity contribution < 1.29 is 18.0 Å². The molecule has 1 N–H and O–H groups in total. The van der Waals surface area contributed by atoms with Gasteiger partial charge in [0.2, 0.25) is 21.8 Å². The molecule has 1 unspecified atom stereocenters. The van der Waals surface area contributed by atoms with Crippen LogP contribution in [0.25, 0.3) is 0 Å². The van der Waals surface area contributed by atoms with Crippen molar-refractivity contribution in [1.29, 1.82) is 0 Å². The monoisotopic (exact) mass is 445 g/mol. The van der Waals surface area contributed by atoms with E-state index in [1.807, 2.05) is 0 Å². The third kappa shape index (κ3) is 4.83. The van der Waals surface area contributed by atoms with Crippen LogP contribution in [0.2, 0.25) is 0 Å². The summed E-state index contributed by atoms with van der Waals surface area (Å²) in [5, 5.41) is 2.68. The summed E-state index contributed by atoms with van der Waals surface area (Å²) in [6, 6.07) is 5.86. The van der Waals surface area contributed by atoms with E-state index >= 15 is 0 Å². The molecule has 1 saturated heterocycles. The number of rotatable bonds is 5. The minimum atomic E-state index is -3.57. The molecule has 2 amide bonds. The lowest BCUT2D eigenvalue weighted by atomic mass is 10.2. The molecule has 0 spiro atoms. The highest BCUT2D eigenvalue weighted by Gasteiger charge is 2.31. The third-order valence-corrected chi connectivity index (χ3v) is 6.70. The molecule has 1 atom stereocenters. The number of carbonyl (C=O) groups is 2. The Labute approximate surface area is 162 Å². The molecule has 1 aromatic rings. The molecule has 1 fully saturated rings. The van der Waals surface area contributed by atoms with E-state index < -0.39 is 16.1 Å². The zero-order valence-corrected chi connectivity index (χ0v) is 17.5. The van der Waals surface area contributed by atoms with Crippen LogP contribution >= 0.6 is 15.9 Å². The van der Waals surface area contributed by atoms with Gasteiger partial charge >= 0.3 is 0 Å². The Morgan fingerprint density at radius 1 is 1.04 bits per heavy atom. The summed E-state index contributed by atoms with van der Waals surface area (Å²) in [6.07, 6.45) is 0. The first-order chi connectivity index (χ1) is 12.1. The molecule has 1 aliphatic heterocycles. The largest absolute Gasteiger partial charge is 0.344 e. The molecule has 0 radical (unpaired) electrons. The maximum absolute atomic E-state index is 12.7. The van der Waals surface area contributed by atoms with Gasteiger partial charge in [0.15, 0.2) is 0 Å². The number of hydrogen-bond donors (Lipinski definition) is 1. The van der Waals surface area contributed by atoms with Crippen molar-refractivity contribution in [3.05, 3.63) is 28.7 Å². The summed E-state index contributed by atoms with van der Waals surface area (Å²) < 4.78 is 27.6. The number of nitrogens with one attached hydrogen (secondary N) is 1. The van der Waals surface area contributed by atoms with Crippen molar-refractivity contribution in [2.45, 2.75) is 31.7 Å². The van der Waals surface area contributed by atoms with E-state index in [-0.39, 0.29) is 35.7 Å². The summed E-state index contributed by atoms with van der Waals surface area (Å²) in [5.41, 5.74) is 0. The summed E-state index contributed by atoms with van der Waals surface area (Å²) in [6.45, 7) is 6.24. The molecule has 7 nitrogen and oxygen atoms in total. The van der Waals surface area contributed by atoms with Gasteiger partial charge in [0.1, 0.15) is 6.04 Å². The van der Waals surface area contributed by atoms with Crippen LogP contribution < -0.4 is 5.32 Å². The Kier molecular flexibility index (Phi) is 6.81. The van der Waals surface area contributed by atoms with Gasteiger partial charge in [-0.3, -0.25) is 9.59 Å². The van der Waals surface area contributed by atoms with Crippen molar-refractivity contribution in [3.8, 4) is 0 Å². The molecule has 26 heavy (non-hydrogen) atoms. The minimum absolute atomic E-state index is 0.178. The number of carbonyl (C=O) groups excluding carboxylic acids is 2. The summed E-state index contributed by atoms with van der Waals surface area (Å²) >= 11 is 3.29. The zero-order valence-electron chi connectivity index (χ0n) is 15.1. The maximum atomic E-state index is 12.7. The Morgan fingerprint density at radius 2 is 1.58 bits per heavy atom. The number of piperazine rings is 1. The van der Waals surface area contributed by atoms with Gasteiger partial charge in [0, 0.05) is 36.6 Å². The molecular weight excluding hydrogens is 422 g/mol. The van der Waals surface area contributed by atoms with Crippen molar-refractivity contribution in [2.75, 3.05) is 26.2 Å². The first-order valence-electron chi connectivity index (χ1n) is 8.48. The molecule has 0 aromatic heterocycles. The Morgan fingerprint density at radius 3 is 2.08 bits per heavy atom. The van der Waals surface area contributed by atoms with E-state index in [2.05, 4.69) is 21.2 Å². The number of sulfonamides is 1. The van der Waals surface area contributed by atoms with E-state index in [9.17, 15) is 18.0 Å². The highest BCUT2D eigenvalue weighted by molar-refractivity contribution is 9.10. The van der Waals surface area contributed by atoms with Crippen LogP contribution in [-0.2, 0) is 19.6 Å². The first kappa shape index (κ1) is 20.9. The van der Waals surface area contributed by atoms with Gasteiger partial charge in [-0.15, -0.1) is 0 Å². The number of hydrogen-bond acceptors (Lipinski definition) is 4. The Bertz CT molecular complexity index is 757. The van der Waals surface area contributed by atoms with Crippen LogP contribution in [0.4, 0.5) is 0 Å². The summed E-state index contributed by atoms with van der Waals surface area (Å²) in [7, 11) is -3.57. The van der Waals surface area contributed by atoms with Crippen molar-refractivity contribution in [2.24, 2.45) is 5.92 Å². The normalized spacial score (nSPS) is 17.2. The van der Waals surface area contributed by atoms with E-state index in [0.29, 0.717) is 13.1 Å².